The first-order valence-electron chi connectivity index (χ1n) is 5.76. The first kappa shape index (κ1) is 9.46. The molecule has 3 nitrogen and oxygen atoms in total. The SMILES string of the molecule is c1cnn(-c2ccc(NCC3CC3)cc2)c1. The fraction of sp³-hybridized carbons (Fsp3) is 0.308. The van der Waals surface area contributed by atoms with Crippen LogP contribution in [0.5, 0.6) is 0 Å². The van der Waals surface area contributed by atoms with Gasteiger partial charge in [-0.3, -0.25) is 0 Å². The van der Waals surface area contributed by atoms with E-state index in [2.05, 4.69) is 34.7 Å². The predicted molar refractivity (Wildman–Crippen MR) is 64.8 cm³/mol. The van der Waals surface area contributed by atoms with Gasteiger partial charge in [-0.05, 0) is 49.1 Å². The molecule has 1 aromatic carbocycles. The summed E-state index contributed by atoms with van der Waals surface area (Å²) in [6, 6.07) is 10.3. The highest BCUT2D eigenvalue weighted by atomic mass is 15.3. The fourth-order valence-electron chi connectivity index (χ4n) is 1.74. The zero-order chi connectivity index (χ0) is 10.8. The van der Waals surface area contributed by atoms with Gasteiger partial charge in [-0.15, -0.1) is 0 Å². The van der Waals surface area contributed by atoms with E-state index >= 15 is 0 Å². The summed E-state index contributed by atoms with van der Waals surface area (Å²) in [7, 11) is 0. The molecule has 1 N–H and O–H groups in total. The number of anilines is 1. The molecule has 3 rings (SSSR count). The van der Waals surface area contributed by atoms with Crippen LogP contribution < -0.4 is 5.32 Å². The van der Waals surface area contributed by atoms with Gasteiger partial charge in [0, 0.05) is 24.6 Å². The van der Waals surface area contributed by atoms with Crippen LogP contribution >= 0.6 is 0 Å². The topological polar surface area (TPSA) is 29.9 Å². The van der Waals surface area contributed by atoms with Crippen molar-refractivity contribution in [1.29, 1.82) is 0 Å². The quantitative estimate of drug-likeness (QED) is 0.846. The molecule has 1 aliphatic rings. The van der Waals surface area contributed by atoms with E-state index in [1.165, 1.54) is 18.5 Å². The number of nitrogens with one attached hydrogen (secondary N) is 1. The number of nitrogens with zero attached hydrogens (tertiary/aromatic N) is 2. The Balaban J connectivity index is 1.69. The van der Waals surface area contributed by atoms with E-state index in [4.69, 9.17) is 0 Å². The highest BCUT2D eigenvalue weighted by Gasteiger charge is 2.20. The van der Waals surface area contributed by atoms with Crippen LogP contribution in [0.1, 0.15) is 12.8 Å². The van der Waals surface area contributed by atoms with Crippen LogP contribution in [-0.4, -0.2) is 16.3 Å². The van der Waals surface area contributed by atoms with Crippen molar-refractivity contribution in [3.8, 4) is 5.69 Å². The van der Waals surface area contributed by atoms with Gasteiger partial charge in [-0.1, -0.05) is 0 Å². The molecule has 3 heteroatoms. The Morgan fingerprint density at radius 3 is 2.69 bits per heavy atom. The molecule has 1 aliphatic carbocycles. The second kappa shape index (κ2) is 4.00. The van der Waals surface area contributed by atoms with Gasteiger partial charge >= 0.3 is 0 Å². The van der Waals surface area contributed by atoms with Gasteiger partial charge < -0.3 is 5.32 Å². The molecule has 0 spiro atoms. The minimum absolute atomic E-state index is 0.908. The maximum Gasteiger partial charge on any atom is 0.0647 e. The molecule has 1 fully saturated rings. The Morgan fingerprint density at radius 1 is 1.25 bits per heavy atom. The van der Waals surface area contributed by atoms with Gasteiger partial charge in [-0.25, -0.2) is 4.68 Å². The third kappa shape index (κ3) is 2.08. The number of hydrogen-bond donors (Lipinski definition) is 1. The monoisotopic (exact) mass is 213 g/mol. The summed E-state index contributed by atoms with van der Waals surface area (Å²) in [6.07, 6.45) is 6.52. The number of hydrogen-bond acceptors (Lipinski definition) is 2. The van der Waals surface area contributed by atoms with E-state index in [1.54, 1.807) is 6.20 Å². The van der Waals surface area contributed by atoms with Crippen LogP contribution in [0.2, 0.25) is 0 Å². The van der Waals surface area contributed by atoms with Crippen molar-refractivity contribution < 1.29 is 0 Å². The lowest BCUT2D eigenvalue weighted by atomic mass is 10.2. The lowest BCUT2D eigenvalue weighted by Gasteiger charge is -2.06. The fourth-order valence-corrected chi connectivity index (χ4v) is 1.74. The van der Waals surface area contributed by atoms with Crippen LogP contribution in [0.3, 0.4) is 0 Å². The van der Waals surface area contributed by atoms with Crippen LogP contribution in [0.15, 0.2) is 42.7 Å². The van der Waals surface area contributed by atoms with E-state index < -0.39 is 0 Å². The predicted octanol–water partition coefficient (Wildman–Crippen LogP) is 2.69. The van der Waals surface area contributed by atoms with Gasteiger partial charge in [0.1, 0.15) is 0 Å². The highest BCUT2D eigenvalue weighted by molar-refractivity contribution is 5.48. The molecule has 0 aliphatic heterocycles. The molecule has 0 saturated heterocycles. The summed E-state index contributed by atoms with van der Waals surface area (Å²) in [6.45, 7) is 1.11. The molecule has 0 unspecified atom stereocenters. The van der Waals surface area contributed by atoms with Gasteiger partial charge in [0.2, 0.25) is 0 Å². The Labute approximate surface area is 95.1 Å². The van der Waals surface area contributed by atoms with E-state index in [0.29, 0.717) is 0 Å². The third-order valence-electron chi connectivity index (χ3n) is 2.93. The molecule has 2 aromatic rings. The molecule has 0 atom stereocenters. The first-order valence-corrected chi connectivity index (χ1v) is 5.76. The van der Waals surface area contributed by atoms with Crippen molar-refractivity contribution >= 4 is 5.69 Å². The molecule has 1 aromatic heterocycles. The van der Waals surface area contributed by atoms with Gasteiger partial charge in [0.15, 0.2) is 0 Å². The van der Waals surface area contributed by atoms with Crippen molar-refractivity contribution in [3.05, 3.63) is 42.7 Å². The van der Waals surface area contributed by atoms with E-state index in [-0.39, 0.29) is 0 Å². The Morgan fingerprint density at radius 2 is 2.06 bits per heavy atom. The Hall–Kier alpha value is -1.77. The maximum absolute atomic E-state index is 4.20. The minimum atomic E-state index is 0.908. The number of benzene rings is 1. The van der Waals surface area contributed by atoms with Crippen molar-refractivity contribution in [2.24, 2.45) is 5.92 Å². The molecule has 0 bridgehead atoms. The Bertz CT molecular complexity index is 441. The minimum Gasteiger partial charge on any atom is -0.385 e. The molecular weight excluding hydrogens is 198 g/mol. The zero-order valence-corrected chi connectivity index (χ0v) is 9.13. The molecule has 1 heterocycles. The summed E-state index contributed by atoms with van der Waals surface area (Å²) in [4.78, 5) is 0. The summed E-state index contributed by atoms with van der Waals surface area (Å²) < 4.78 is 1.87. The average Bonchev–Trinajstić information content (AvgIpc) is 3.00. The van der Waals surface area contributed by atoms with Crippen LogP contribution in [0, 0.1) is 5.92 Å². The lowest BCUT2D eigenvalue weighted by Crippen LogP contribution is -2.03. The van der Waals surface area contributed by atoms with Crippen LogP contribution in [0.25, 0.3) is 5.69 Å². The van der Waals surface area contributed by atoms with Gasteiger partial charge in [0.05, 0.1) is 5.69 Å². The van der Waals surface area contributed by atoms with E-state index in [0.717, 1.165) is 18.2 Å². The highest BCUT2D eigenvalue weighted by Crippen LogP contribution is 2.28. The second-order valence-corrected chi connectivity index (χ2v) is 4.32. The number of rotatable bonds is 4. The van der Waals surface area contributed by atoms with Gasteiger partial charge in [-0.2, -0.15) is 5.10 Å². The largest absolute Gasteiger partial charge is 0.385 e. The molecule has 1 saturated carbocycles. The standard InChI is InChI=1S/C13H15N3/c1-8-15-16(9-1)13-6-4-12(5-7-13)14-10-11-2-3-11/h1,4-9,11,14H,2-3,10H2. The van der Waals surface area contributed by atoms with Crippen LogP contribution in [-0.2, 0) is 0 Å². The molecule has 0 radical (unpaired) electrons. The number of aromatic nitrogens is 2. The zero-order valence-electron chi connectivity index (χ0n) is 9.13. The lowest BCUT2D eigenvalue weighted by molar-refractivity contribution is 0.877. The third-order valence-corrected chi connectivity index (χ3v) is 2.93. The molecule has 16 heavy (non-hydrogen) atoms. The van der Waals surface area contributed by atoms with Crippen molar-refractivity contribution in [2.45, 2.75) is 12.8 Å². The molecule has 0 amide bonds. The first-order chi connectivity index (χ1) is 7.92. The smallest absolute Gasteiger partial charge is 0.0647 e. The van der Waals surface area contributed by atoms with Crippen molar-refractivity contribution in [3.63, 3.8) is 0 Å². The summed E-state index contributed by atoms with van der Waals surface area (Å²) >= 11 is 0. The normalized spacial score (nSPS) is 15.0. The summed E-state index contributed by atoms with van der Waals surface area (Å²) in [5.41, 5.74) is 2.30. The summed E-state index contributed by atoms with van der Waals surface area (Å²) in [5.74, 6) is 0.908. The second-order valence-electron chi connectivity index (χ2n) is 4.32. The van der Waals surface area contributed by atoms with Crippen LogP contribution in [0.4, 0.5) is 5.69 Å². The maximum atomic E-state index is 4.20. The molecular formula is C13H15N3. The summed E-state index contributed by atoms with van der Waals surface area (Å²) in [5, 5.41) is 7.65. The molecule has 82 valence electrons. The Kier molecular flexibility index (Phi) is 2.37. The average molecular weight is 213 g/mol. The van der Waals surface area contributed by atoms with E-state index in [9.17, 15) is 0 Å². The van der Waals surface area contributed by atoms with Crippen molar-refractivity contribution in [1.82, 2.24) is 9.78 Å². The van der Waals surface area contributed by atoms with E-state index in [1.807, 2.05) is 16.9 Å². The van der Waals surface area contributed by atoms with Crippen molar-refractivity contribution in [2.75, 3.05) is 11.9 Å². The van der Waals surface area contributed by atoms with Gasteiger partial charge in [0.25, 0.3) is 0 Å².